The van der Waals surface area contributed by atoms with Crippen LogP contribution in [0, 0.1) is 12.7 Å². The predicted molar refractivity (Wildman–Crippen MR) is 120 cm³/mol. The van der Waals surface area contributed by atoms with Gasteiger partial charge in [-0.25, -0.2) is 9.37 Å². The van der Waals surface area contributed by atoms with Crippen LogP contribution in [0.1, 0.15) is 16.2 Å². The first-order valence-electron chi connectivity index (χ1n) is 9.74. The molecule has 162 valence electrons. The number of anilines is 1. The number of methoxy groups -OCH3 is 2. The van der Waals surface area contributed by atoms with E-state index in [9.17, 15) is 14.0 Å². The number of nitrogens with one attached hydrogen (secondary N) is 1. The molecule has 0 bridgehead atoms. The van der Waals surface area contributed by atoms with Crippen LogP contribution < -0.4 is 20.3 Å². The maximum atomic E-state index is 13.3. The molecule has 1 aromatic heterocycles. The lowest BCUT2D eigenvalue weighted by atomic mass is 10.1. The number of carbonyl (C=O) groups is 1. The molecule has 8 heteroatoms. The van der Waals surface area contributed by atoms with Crippen LogP contribution >= 0.6 is 0 Å². The zero-order valence-corrected chi connectivity index (χ0v) is 17.7. The van der Waals surface area contributed by atoms with Crippen molar-refractivity contribution in [1.29, 1.82) is 0 Å². The van der Waals surface area contributed by atoms with Crippen molar-refractivity contribution in [3.63, 3.8) is 0 Å². The summed E-state index contributed by atoms with van der Waals surface area (Å²) in [6, 6.07) is 15.4. The van der Waals surface area contributed by atoms with Gasteiger partial charge in [-0.2, -0.15) is 0 Å². The van der Waals surface area contributed by atoms with Crippen molar-refractivity contribution in [2.75, 3.05) is 19.5 Å². The average molecular weight is 433 g/mol. The van der Waals surface area contributed by atoms with Gasteiger partial charge >= 0.3 is 0 Å². The van der Waals surface area contributed by atoms with Crippen molar-refractivity contribution in [2.45, 2.75) is 6.92 Å². The Hall–Kier alpha value is -4.20. The number of aromatic nitrogens is 2. The molecule has 0 radical (unpaired) electrons. The van der Waals surface area contributed by atoms with Gasteiger partial charge in [0.15, 0.2) is 0 Å². The van der Waals surface area contributed by atoms with Crippen LogP contribution in [-0.4, -0.2) is 29.7 Å². The minimum absolute atomic E-state index is 0.319. The standard InChI is InChI=1S/C24H20FN3O4/c1-14-26-21-11-6-16(27-23(29)19-10-9-18(31-2)13-22(19)32-3)12-20(21)24(30)28(14)17-7-4-15(25)5-8-17/h4-13H,1-3H3,(H,27,29). The number of benzene rings is 3. The number of hydrogen-bond acceptors (Lipinski definition) is 5. The third kappa shape index (κ3) is 3.90. The van der Waals surface area contributed by atoms with Crippen LogP contribution in [0.5, 0.6) is 11.5 Å². The smallest absolute Gasteiger partial charge is 0.266 e. The highest BCUT2D eigenvalue weighted by Gasteiger charge is 2.15. The molecule has 0 aliphatic carbocycles. The second-order valence-electron chi connectivity index (χ2n) is 7.03. The molecular formula is C24H20FN3O4. The minimum Gasteiger partial charge on any atom is -0.497 e. The maximum Gasteiger partial charge on any atom is 0.266 e. The van der Waals surface area contributed by atoms with Gasteiger partial charge in [-0.15, -0.1) is 0 Å². The van der Waals surface area contributed by atoms with E-state index >= 15 is 0 Å². The second kappa shape index (κ2) is 8.50. The van der Waals surface area contributed by atoms with Gasteiger partial charge in [0.2, 0.25) is 0 Å². The Morgan fingerprint density at radius 1 is 1.00 bits per heavy atom. The molecule has 7 nitrogen and oxygen atoms in total. The Morgan fingerprint density at radius 2 is 1.75 bits per heavy atom. The van der Waals surface area contributed by atoms with Crippen molar-refractivity contribution in [3.05, 3.63) is 88.2 Å². The van der Waals surface area contributed by atoms with Crippen LogP contribution in [0.3, 0.4) is 0 Å². The van der Waals surface area contributed by atoms with E-state index in [2.05, 4.69) is 10.3 Å². The van der Waals surface area contributed by atoms with E-state index in [1.54, 1.807) is 43.3 Å². The number of fused-ring (bicyclic) bond motifs is 1. The van der Waals surface area contributed by atoms with Crippen molar-refractivity contribution >= 4 is 22.5 Å². The fraction of sp³-hybridized carbons (Fsp3) is 0.125. The molecule has 0 aliphatic heterocycles. The van der Waals surface area contributed by atoms with Gasteiger partial charge in [-0.05, 0) is 61.5 Å². The second-order valence-corrected chi connectivity index (χ2v) is 7.03. The highest BCUT2D eigenvalue weighted by atomic mass is 19.1. The van der Waals surface area contributed by atoms with Gasteiger partial charge in [-0.3, -0.25) is 14.2 Å². The molecule has 0 fully saturated rings. The molecule has 32 heavy (non-hydrogen) atoms. The summed E-state index contributed by atoms with van der Waals surface area (Å²) in [5, 5.41) is 3.10. The molecule has 1 heterocycles. The molecule has 3 aromatic carbocycles. The Balaban J connectivity index is 1.73. The van der Waals surface area contributed by atoms with Crippen molar-refractivity contribution in [2.24, 2.45) is 0 Å². The zero-order valence-electron chi connectivity index (χ0n) is 17.7. The summed E-state index contributed by atoms with van der Waals surface area (Å²) in [4.78, 5) is 30.5. The van der Waals surface area contributed by atoms with Crippen molar-refractivity contribution < 1.29 is 18.7 Å². The lowest BCUT2D eigenvalue weighted by molar-refractivity contribution is 0.102. The van der Waals surface area contributed by atoms with Gasteiger partial charge in [0.05, 0.1) is 36.4 Å². The van der Waals surface area contributed by atoms with Crippen LogP contribution in [-0.2, 0) is 0 Å². The van der Waals surface area contributed by atoms with Crippen molar-refractivity contribution in [1.82, 2.24) is 9.55 Å². The summed E-state index contributed by atoms with van der Waals surface area (Å²) in [7, 11) is 2.99. The van der Waals surface area contributed by atoms with E-state index in [-0.39, 0.29) is 5.56 Å². The Bertz CT molecular complexity index is 1380. The molecular weight excluding hydrogens is 413 g/mol. The molecule has 0 atom stereocenters. The number of nitrogens with zero attached hydrogens (tertiary/aromatic N) is 2. The molecule has 0 spiro atoms. The third-order valence-electron chi connectivity index (χ3n) is 5.03. The summed E-state index contributed by atoms with van der Waals surface area (Å²) in [5.74, 6) is 0.592. The number of hydrogen-bond donors (Lipinski definition) is 1. The van der Waals surface area contributed by atoms with E-state index in [0.717, 1.165) is 0 Å². The minimum atomic E-state index is -0.400. The summed E-state index contributed by atoms with van der Waals surface area (Å²) < 4.78 is 25.2. The normalized spacial score (nSPS) is 10.8. The summed E-state index contributed by atoms with van der Waals surface area (Å²) in [5.41, 5.74) is 1.41. The van der Waals surface area contributed by atoms with E-state index < -0.39 is 11.7 Å². The molecule has 0 saturated heterocycles. The average Bonchev–Trinajstić information content (AvgIpc) is 2.80. The lowest BCUT2D eigenvalue weighted by Crippen LogP contribution is -2.22. The third-order valence-corrected chi connectivity index (χ3v) is 5.03. The van der Waals surface area contributed by atoms with Crippen LogP contribution in [0.2, 0.25) is 0 Å². The molecule has 0 saturated carbocycles. The molecule has 4 aromatic rings. The lowest BCUT2D eigenvalue weighted by Gasteiger charge is -2.13. The number of aryl methyl sites for hydroxylation is 1. The summed E-state index contributed by atoms with van der Waals surface area (Å²) >= 11 is 0. The molecule has 0 aliphatic rings. The van der Waals surface area contributed by atoms with E-state index in [1.165, 1.54) is 43.1 Å². The maximum absolute atomic E-state index is 13.3. The molecule has 1 N–H and O–H groups in total. The fourth-order valence-corrected chi connectivity index (χ4v) is 3.45. The first-order valence-corrected chi connectivity index (χ1v) is 9.74. The Morgan fingerprint density at radius 3 is 2.44 bits per heavy atom. The Labute approximate surface area is 183 Å². The number of rotatable bonds is 5. The summed E-state index contributed by atoms with van der Waals surface area (Å²) in [6.07, 6.45) is 0. The number of ether oxygens (including phenoxy) is 2. The topological polar surface area (TPSA) is 82.5 Å². The monoisotopic (exact) mass is 433 g/mol. The first kappa shape index (κ1) is 21.0. The SMILES string of the molecule is COc1ccc(C(=O)Nc2ccc3nc(C)n(-c4ccc(F)cc4)c(=O)c3c2)c(OC)c1. The fourth-order valence-electron chi connectivity index (χ4n) is 3.45. The van der Waals surface area contributed by atoms with Gasteiger partial charge in [0.1, 0.15) is 23.1 Å². The highest BCUT2D eigenvalue weighted by Crippen LogP contribution is 2.26. The number of amides is 1. The molecule has 4 rings (SSSR count). The molecule has 0 unspecified atom stereocenters. The van der Waals surface area contributed by atoms with Gasteiger partial charge in [-0.1, -0.05) is 0 Å². The number of halogens is 1. The van der Waals surface area contributed by atoms with Crippen LogP contribution in [0.25, 0.3) is 16.6 Å². The Kier molecular flexibility index (Phi) is 5.59. The highest BCUT2D eigenvalue weighted by molar-refractivity contribution is 6.07. The van der Waals surface area contributed by atoms with Crippen molar-refractivity contribution in [3.8, 4) is 17.2 Å². The predicted octanol–water partition coefficient (Wildman–Crippen LogP) is 4.10. The molecule has 1 amide bonds. The van der Waals surface area contributed by atoms with Gasteiger partial charge in [0, 0.05) is 11.8 Å². The zero-order chi connectivity index (χ0) is 22.8. The summed E-state index contributed by atoms with van der Waals surface area (Å²) in [6.45, 7) is 1.70. The van der Waals surface area contributed by atoms with Gasteiger partial charge in [0.25, 0.3) is 11.5 Å². The van der Waals surface area contributed by atoms with Gasteiger partial charge < -0.3 is 14.8 Å². The van der Waals surface area contributed by atoms with E-state index in [0.29, 0.717) is 45.2 Å². The first-order chi connectivity index (χ1) is 15.4. The van der Waals surface area contributed by atoms with E-state index in [4.69, 9.17) is 9.47 Å². The number of carbonyl (C=O) groups excluding carboxylic acids is 1. The van der Waals surface area contributed by atoms with Crippen LogP contribution in [0.15, 0.2) is 65.5 Å². The van der Waals surface area contributed by atoms with Crippen LogP contribution in [0.4, 0.5) is 10.1 Å². The largest absolute Gasteiger partial charge is 0.497 e. The quantitative estimate of drug-likeness (QED) is 0.512. The van der Waals surface area contributed by atoms with E-state index in [1.807, 2.05) is 0 Å².